The van der Waals surface area contributed by atoms with E-state index in [1.54, 1.807) is 26.0 Å². The Morgan fingerprint density at radius 1 is 1.47 bits per heavy atom. The van der Waals surface area contributed by atoms with Crippen molar-refractivity contribution >= 4 is 17.4 Å². The van der Waals surface area contributed by atoms with E-state index in [1.165, 1.54) is 0 Å². The third-order valence-electron chi connectivity index (χ3n) is 2.55. The summed E-state index contributed by atoms with van der Waals surface area (Å²) in [5, 5.41) is 21.8. The molecule has 1 rings (SSSR count). The second-order valence-corrected chi connectivity index (χ2v) is 5.68. The zero-order valence-corrected chi connectivity index (χ0v) is 12.1. The van der Waals surface area contributed by atoms with E-state index < -0.39 is 5.60 Å². The Balaban J connectivity index is 2.81. The van der Waals surface area contributed by atoms with Crippen molar-refractivity contribution < 1.29 is 10.3 Å². The van der Waals surface area contributed by atoms with Crippen LogP contribution in [-0.4, -0.2) is 40.2 Å². The molecule has 0 saturated carbocycles. The van der Waals surface area contributed by atoms with Crippen LogP contribution in [0.2, 0.25) is 5.02 Å². The quantitative estimate of drug-likeness (QED) is 0.332. The van der Waals surface area contributed by atoms with Gasteiger partial charge in [-0.25, -0.2) is 0 Å². The highest BCUT2D eigenvalue weighted by atomic mass is 35.5. The second kappa shape index (κ2) is 6.23. The first-order chi connectivity index (χ1) is 8.73. The maximum absolute atomic E-state index is 9.75. The van der Waals surface area contributed by atoms with Gasteiger partial charge in [0, 0.05) is 23.7 Å². The van der Waals surface area contributed by atoms with Gasteiger partial charge in [-0.3, -0.25) is 4.90 Å². The third-order valence-corrected chi connectivity index (χ3v) is 2.91. The summed E-state index contributed by atoms with van der Waals surface area (Å²) >= 11 is 6.16. The summed E-state index contributed by atoms with van der Waals surface area (Å²) in [6.45, 7) is 4.66. The molecule has 6 heteroatoms. The van der Waals surface area contributed by atoms with Crippen molar-refractivity contribution in [1.29, 1.82) is 0 Å². The SMILES string of the molecule is CN(Cc1ccc(/C(N)=N/O)cc1Cl)CC(C)(C)O. The van der Waals surface area contributed by atoms with Gasteiger partial charge in [0.25, 0.3) is 0 Å². The standard InChI is InChI=1S/C13H20ClN3O2/c1-13(2,18)8-17(3)7-10-5-4-9(6-11(10)14)12(15)16-19/h4-6,18-19H,7-8H2,1-3H3,(H2,15,16). The van der Waals surface area contributed by atoms with Gasteiger partial charge in [0.1, 0.15) is 0 Å². The predicted octanol–water partition coefficient (Wildman–Crippen LogP) is 1.64. The van der Waals surface area contributed by atoms with E-state index in [2.05, 4.69) is 5.16 Å². The van der Waals surface area contributed by atoms with Crippen molar-refractivity contribution in [2.24, 2.45) is 10.9 Å². The Morgan fingerprint density at radius 2 is 2.11 bits per heavy atom. The smallest absolute Gasteiger partial charge is 0.170 e. The molecule has 0 unspecified atom stereocenters. The van der Waals surface area contributed by atoms with Gasteiger partial charge in [0.15, 0.2) is 5.84 Å². The lowest BCUT2D eigenvalue weighted by Crippen LogP contribution is -2.35. The average Bonchev–Trinajstić information content (AvgIpc) is 2.28. The maximum atomic E-state index is 9.75. The molecular formula is C13H20ClN3O2. The fourth-order valence-corrected chi connectivity index (χ4v) is 2.14. The largest absolute Gasteiger partial charge is 0.409 e. The van der Waals surface area contributed by atoms with Crippen molar-refractivity contribution in [3.63, 3.8) is 0 Å². The maximum Gasteiger partial charge on any atom is 0.170 e. The Bertz CT molecular complexity index is 469. The number of amidine groups is 1. The van der Waals surface area contributed by atoms with Gasteiger partial charge >= 0.3 is 0 Å². The molecule has 0 aliphatic heterocycles. The average molecular weight is 286 g/mol. The van der Waals surface area contributed by atoms with E-state index in [9.17, 15) is 5.11 Å². The number of rotatable bonds is 5. The fraction of sp³-hybridized carbons (Fsp3) is 0.462. The Morgan fingerprint density at radius 3 is 2.58 bits per heavy atom. The van der Waals surface area contributed by atoms with Crippen molar-refractivity contribution in [2.45, 2.75) is 26.0 Å². The normalized spacial score (nSPS) is 13.1. The topological polar surface area (TPSA) is 82.1 Å². The van der Waals surface area contributed by atoms with E-state index in [4.69, 9.17) is 22.5 Å². The van der Waals surface area contributed by atoms with Crippen LogP contribution in [0.25, 0.3) is 0 Å². The molecule has 0 fully saturated rings. The Labute approximate surface area is 118 Å². The van der Waals surface area contributed by atoms with Crippen LogP contribution in [0.3, 0.4) is 0 Å². The minimum Gasteiger partial charge on any atom is -0.409 e. The summed E-state index contributed by atoms with van der Waals surface area (Å²) in [5.41, 5.74) is 6.23. The van der Waals surface area contributed by atoms with Gasteiger partial charge in [-0.2, -0.15) is 0 Å². The summed E-state index contributed by atoms with van der Waals surface area (Å²) in [6.07, 6.45) is 0. The molecule has 19 heavy (non-hydrogen) atoms. The molecule has 4 N–H and O–H groups in total. The van der Waals surface area contributed by atoms with Crippen molar-refractivity contribution in [2.75, 3.05) is 13.6 Å². The number of hydrogen-bond donors (Lipinski definition) is 3. The van der Waals surface area contributed by atoms with Crippen LogP contribution in [0, 0.1) is 0 Å². The zero-order valence-electron chi connectivity index (χ0n) is 11.4. The molecule has 0 atom stereocenters. The van der Waals surface area contributed by atoms with Gasteiger partial charge in [0.2, 0.25) is 0 Å². The van der Waals surface area contributed by atoms with Gasteiger partial charge in [-0.15, -0.1) is 0 Å². The molecule has 0 radical (unpaired) electrons. The zero-order chi connectivity index (χ0) is 14.6. The van der Waals surface area contributed by atoms with E-state index in [-0.39, 0.29) is 5.84 Å². The summed E-state index contributed by atoms with van der Waals surface area (Å²) in [5.74, 6) is 0.0262. The molecular weight excluding hydrogens is 266 g/mol. The number of hydrogen-bond acceptors (Lipinski definition) is 4. The highest BCUT2D eigenvalue weighted by Crippen LogP contribution is 2.20. The molecule has 0 amide bonds. The summed E-state index contributed by atoms with van der Waals surface area (Å²) < 4.78 is 0. The van der Waals surface area contributed by atoms with E-state index in [0.717, 1.165) is 5.56 Å². The minimum absolute atomic E-state index is 0.0262. The van der Waals surface area contributed by atoms with E-state index in [0.29, 0.717) is 23.7 Å². The fourth-order valence-electron chi connectivity index (χ4n) is 1.90. The molecule has 0 saturated heterocycles. The van der Waals surface area contributed by atoms with Crippen molar-refractivity contribution in [3.8, 4) is 0 Å². The Kier molecular flexibility index (Phi) is 5.17. The van der Waals surface area contributed by atoms with Crippen LogP contribution in [-0.2, 0) is 6.54 Å². The molecule has 106 valence electrons. The van der Waals surface area contributed by atoms with Crippen LogP contribution in [0.5, 0.6) is 0 Å². The highest BCUT2D eigenvalue weighted by molar-refractivity contribution is 6.31. The van der Waals surface area contributed by atoms with Crippen LogP contribution >= 0.6 is 11.6 Å². The minimum atomic E-state index is -0.755. The molecule has 1 aromatic rings. The molecule has 0 heterocycles. The number of benzene rings is 1. The van der Waals surface area contributed by atoms with E-state index >= 15 is 0 Å². The first-order valence-corrected chi connectivity index (χ1v) is 6.28. The van der Waals surface area contributed by atoms with Crippen LogP contribution in [0.15, 0.2) is 23.4 Å². The van der Waals surface area contributed by atoms with Gasteiger partial charge in [-0.05, 0) is 32.5 Å². The lowest BCUT2D eigenvalue weighted by molar-refractivity contribution is 0.0425. The first-order valence-electron chi connectivity index (χ1n) is 5.90. The summed E-state index contributed by atoms with van der Waals surface area (Å²) in [7, 11) is 1.91. The van der Waals surface area contributed by atoms with Gasteiger partial charge < -0.3 is 16.0 Å². The number of nitrogens with two attached hydrogens (primary N) is 1. The molecule has 0 aliphatic carbocycles. The highest BCUT2D eigenvalue weighted by Gasteiger charge is 2.16. The lowest BCUT2D eigenvalue weighted by Gasteiger charge is -2.25. The molecule has 1 aromatic carbocycles. The summed E-state index contributed by atoms with van der Waals surface area (Å²) in [6, 6.07) is 5.23. The number of aliphatic hydroxyl groups is 1. The van der Waals surface area contributed by atoms with Crippen molar-refractivity contribution in [3.05, 3.63) is 34.3 Å². The molecule has 0 spiro atoms. The monoisotopic (exact) mass is 285 g/mol. The van der Waals surface area contributed by atoms with E-state index in [1.807, 2.05) is 18.0 Å². The summed E-state index contributed by atoms with van der Waals surface area (Å²) in [4.78, 5) is 1.98. The molecule has 0 aliphatic rings. The van der Waals surface area contributed by atoms with Gasteiger partial charge in [0.05, 0.1) is 5.60 Å². The number of halogens is 1. The van der Waals surface area contributed by atoms with Crippen molar-refractivity contribution in [1.82, 2.24) is 4.90 Å². The van der Waals surface area contributed by atoms with Crippen LogP contribution in [0.4, 0.5) is 0 Å². The number of likely N-dealkylation sites (N-methyl/N-ethyl adjacent to an activating group) is 1. The molecule has 0 bridgehead atoms. The van der Waals surface area contributed by atoms with Crippen LogP contribution < -0.4 is 5.73 Å². The number of nitrogens with zero attached hydrogens (tertiary/aromatic N) is 2. The van der Waals surface area contributed by atoms with Crippen LogP contribution in [0.1, 0.15) is 25.0 Å². The molecule has 5 nitrogen and oxygen atoms in total. The third kappa shape index (κ3) is 5.06. The molecule has 0 aromatic heterocycles. The lowest BCUT2D eigenvalue weighted by atomic mass is 10.1. The Hall–Kier alpha value is -1.30. The number of oxime groups is 1. The second-order valence-electron chi connectivity index (χ2n) is 5.28. The first kappa shape index (κ1) is 15.8. The van der Waals surface area contributed by atoms with Gasteiger partial charge in [-0.1, -0.05) is 28.9 Å². The predicted molar refractivity (Wildman–Crippen MR) is 76.6 cm³/mol.